The topological polar surface area (TPSA) is 95.6 Å². The number of nitrogens with zero attached hydrogens (tertiary/aromatic N) is 1. The van der Waals surface area contributed by atoms with Gasteiger partial charge in [0.2, 0.25) is 11.8 Å². The van der Waals surface area contributed by atoms with E-state index >= 15 is 0 Å². The minimum atomic E-state index is -0.841. The van der Waals surface area contributed by atoms with Gasteiger partial charge in [0.05, 0.1) is 5.56 Å². The van der Waals surface area contributed by atoms with E-state index in [0.717, 1.165) is 18.2 Å². The van der Waals surface area contributed by atoms with Gasteiger partial charge in [0.15, 0.2) is 0 Å². The molecule has 1 fully saturated rings. The second-order valence-electron chi connectivity index (χ2n) is 7.15. The predicted octanol–water partition coefficient (Wildman–Crippen LogP) is 1.66. The van der Waals surface area contributed by atoms with Crippen molar-refractivity contribution in [2.45, 2.75) is 32.0 Å². The maximum Gasteiger partial charge on any atom is 0.255 e. The Bertz CT molecular complexity index is 1090. The van der Waals surface area contributed by atoms with Crippen LogP contribution in [-0.4, -0.2) is 34.6 Å². The Morgan fingerprint density at radius 2 is 1.97 bits per heavy atom. The lowest BCUT2D eigenvalue weighted by Crippen LogP contribution is -2.52. The summed E-state index contributed by atoms with van der Waals surface area (Å²) in [5, 5.41) is 4.78. The van der Waals surface area contributed by atoms with Crippen molar-refractivity contribution in [3.63, 3.8) is 0 Å². The normalized spacial score (nSPS) is 18.3. The summed E-state index contributed by atoms with van der Waals surface area (Å²) >= 11 is 0. The van der Waals surface area contributed by atoms with E-state index < -0.39 is 35.1 Å². The summed E-state index contributed by atoms with van der Waals surface area (Å²) in [4.78, 5) is 50.0. The van der Waals surface area contributed by atoms with Crippen LogP contribution in [0.5, 0.6) is 0 Å². The highest BCUT2D eigenvalue weighted by Gasteiger charge is 2.39. The van der Waals surface area contributed by atoms with Gasteiger partial charge in [0.25, 0.3) is 11.8 Å². The molecule has 7 nitrogen and oxygen atoms in total. The molecule has 1 unspecified atom stereocenters. The van der Waals surface area contributed by atoms with Crippen molar-refractivity contribution < 1.29 is 28.0 Å². The molecule has 4 rings (SSSR count). The van der Waals surface area contributed by atoms with E-state index in [1.165, 1.54) is 4.90 Å². The molecule has 2 heterocycles. The Morgan fingerprint density at radius 1 is 1.17 bits per heavy atom. The van der Waals surface area contributed by atoms with Crippen LogP contribution in [0.2, 0.25) is 0 Å². The number of halogens is 2. The van der Waals surface area contributed by atoms with Crippen molar-refractivity contribution in [2.24, 2.45) is 0 Å². The van der Waals surface area contributed by atoms with Crippen molar-refractivity contribution >= 4 is 23.6 Å². The van der Waals surface area contributed by atoms with Crippen LogP contribution in [0.15, 0.2) is 36.4 Å². The zero-order valence-corrected chi connectivity index (χ0v) is 15.7. The summed E-state index contributed by atoms with van der Waals surface area (Å²) in [7, 11) is 0. The number of fused-ring (bicyclic) bond motifs is 1. The van der Waals surface area contributed by atoms with Crippen LogP contribution in [0.1, 0.15) is 44.7 Å². The van der Waals surface area contributed by atoms with Crippen LogP contribution in [0.25, 0.3) is 0 Å². The van der Waals surface area contributed by atoms with Gasteiger partial charge in [-0.05, 0) is 41.8 Å². The van der Waals surface area contributed by atoms with Gasteiger partial charge in [-0.3, -0.25) is 24.5 Å². The first-order chi connectivity index (χ1) is 14.3. The smallest absolute Gasteiger partial charge is 0.255 e. The number of carbonyl (C=O) groups excluding carboxylic acids is 4. The third-order valence-corrected chi connectivity index (χ3v) is 5.29. The van der Waals surface area contributed by atoms with Gasteiger partial charge >= 0.3 is 0 Å². The average molecular weight is 413 g/mol. The van der Waals surface area contributed by atoms with E-state index in [1.807, 2.05) is 0 Å². The first kappa shape index (κ1) is 19.7. The second kappa shape index (κ2) is 7.66. The third-order valence-electron chi connectivity index (χ3n) is 5.29. The van der Waals surface area contributed by atoms with Crippen LogP contribution in [0.4, 0.5) is 8.78 Å². The SMILES string of the molecule is O=C1CCC(N2Cc3c(CNC(=O)c4cc(F)ccc4F)cccc3C2=O)C(=O)N1. The minimum absolute atomic E-state index is 0.00553. The van der Waals surface area contributed by atoms with E-state index in [-0.39, 0.29) is 37.7 Å². The third kappa shape index (κ3) is 3.54. The molecule has 2 aromatic carbocycles. The van der Waals surface area contributed by atoms with Gasteiger partial charge in [-0.15, -0.1) is 0 Å². The largest absolute Gasteiger partial charge is 0.348 e. The van der Waals surface area contributed by atoms with Gasteiger partial charge in [0, 0.05) is 25.1 Å². The fourth-order valence-corrected chi connectivity index (χ4v) is 3.76. The number of rotatable bonds is 4. The molecule has 0 radical (unpaired) electrons. The number of piperidine rings is 1. The van der Waals surface area contributed by atoms with Crippen LogP contribution >= 0.6 is 0 Å². The lowest BCUT2D eigenvalue weighted by atomic mass is 10.0. The number of nitrogens with one attached hydrogen (secondary N) is 2. The number of imide groups is 1. The number of amides is 4. The molecular formula is C21H17F2N3O4. The fourth-order valence-electron chi connectivity index (χ4n) is 3.76. The van der Waals surface area contributed by atoms with E-state index in [0.29, 0.717) is 16.7 Å². The lowest BCUT2D eigenvalue weighted by Gasteiger charge is -2.29. The minimum Gasteiger partial charge on any atom is -0.348 e. The fraction of sp³-hybridized carbons (Fsp3) is 0.238. The predicted molar refractivity (Wildman–Crippen MR) is 100 cm³/mol. The van der Waals surface area contributed by atoms with E-state index in [2.05, 4.69) is 10.6 Å². The molecule has 2 aromatic rings. The monoisotopic (exact) mass is 413 g/mol. The summed E-state index contributed by atoms with van der Waals surface area (Å²) < 4.78 is 27.1. The van der Waals surface area contributed by atoms with Crippen molar-refractivity contribution in [2.75, 3.05) is 0 Å². The molecule has 0 aromatic heterocycles. The lowest BCUT2D eigenvalue weighted by molar-refractivity contribution is -0.136. The first-order valence-electron chi connectivity index (χ1n) is 9.34. The first-order valence-corrected chi connectivity index (χ1v) is 9.34. The van der Waals surface area contributed by atoms with Crippen molar-refractivity contribution in [1.29, 1.82) is 0 Å². The standard InChI is InChI=1S/C21H17F2N3O4/c22-12-4-5-16(23)14(8-12)19(28)24-9-11-2-1-3-13-15(11)10-26(21(13)30)17-6-7-18(27)25-20(17)29/h1-5,8,17H,6-7,9-10H2,(H,24,28)(H,25,27,29). The molecule has 1 saturated heterocycles. The highest BCUT2D eigenvalue weighted by molar-refractivity contribution is 6.05. The van der Waals surface area contributed by atoms with E-state index in [9.17, 15) is 28.0 Å². The van der Waals surface area contributed by atoms with Crippen molar-refractivity contribution in [3.8, 4) is 0 Å². The zero-order valence-electron chi connectivity index (χ0n) is 15.7. The quantitative estimate of drug-likeness (QED) is 0.746. The average Bonchev–Trinajstić information content (AvgIpc) is 3.05. The van der Waals surface area contributed by atoms with Crippen molar-refractivity contribution in [1.82, 2.24) is 15.5 Å². The Balaban J connectivity index is 1.51. The maximum atomic E-state index is 13.8. The molecule has 9 heteroatoms. The Hall–Kier alpha value is -3.62. The molecule has 2 aliphatic heterocycles. The Labute approximate surface area is 170 Å². The molecular weight excluding hydrogens is 396 g/mol. The van der Waals surface area contributed by atoms with Gasteiger partial charge in [-0.1, -0.05) is 12.1 Å². The summed E-state index contributed by atoms with van der Waals surface area (Å²) in [6.45, 7) is 0.148. The zero-order chi connectivity index (χ0) is 21.4. The molecule has 0 aliphatic carbocycles. The van der Waals surface area contributed by atoms with Gasteiger partial charge in [-0.2, -0.15) is 0 Å². The van der Waals surface area contributed by atoms with Crippen LogP contribution in [-0.2, 0) is 22.7 Å². The van der Waals surface area contributed by atoms with Crippen molar-refractivity contribution in [3.05, 3.63) is 70.3 Å². The van der Waals surface area contributed by atoms with E-state index in [4.69, 9.17) is 0 Å². The van der Waals surface area contributed by atoms with Crippen LogP contribution < -0.4 is 10.6 Å². The molecule has 2 N–H and O–H groups in total. The van der Waals surface area contributed by atoms with Gasteiger partial charge in [0.1, 0.15) is 17.7 Å². The summed E-state index contributed by atoms with van der Waals surface area (Å²) in [6, 6.07) is 6.85. The molecule has 0 saturated carbocycles. The molecule has 0 bridgehead atoms. The summed E-state index contributed by atoms with van der Waals surface area (Å²) in [5.41, 5.74) is 1.26. The summed E-state index contributed by atoms with van der Waals surface area (Å²) in [5.74, 6) is -3.56. The molecule has 2 aliphatic rings. The highest BCUT2D eigenvalue weighted by atomic mass is 19.1. The Morgan fingerprint density at radius 3 is 2.73 bits per heavy atom. The molecule has 1 atom stereocenters. The summed E-state index contributed by atoms with van der Waals surface area (Å²) in [6.07, 6.45) is 0.397. The van der Waals surface area contributed by atoms with Gasteiger partial charge < -0.3 is 10.2 Å². The highest BCUT2D eigenvalue weighted by Crippen LogP contribution is 2.29. The maximum absolute atomic E-state index is 13.8. The molecule has 154 valence electrons. The van der Waals surface area contributed by atoms with Crippen LogP contribution in [0.3, 0.4) is 0 Å². The van der Waals surface area contributed by atoms with E-state index in [1.54, 1.807) is 18.2 Å². The number of carbonyl (C=O) groups is 4. The molecule has 30 heavy (non-hydrogen) atoms. The molecule has 4 amide bonds. The number of hydrogen-bond donors (Lipinski definition) is 2. The molecule has 0 spiro atoms. The second-order valence-corrected chi connectivity index (χ2v) is 7.15. The van der Waals surface area contributed by atoms with Crippen LogP contribution in [0, 0.1) is 11.6 Å². The Kier molecular flexibility index (Phi) is 5.03. The number of hydrogen-bond acceptors (Lipinski definition) is 4. The van der Waals surface area contributed by atoms with Gasteiger partial charge in [-0.25, -0.2) is 8.78 Å². The number of benzene rings is 2.